The molecule has 0 saturated carbocycles. The first-order valence-electron chi connectivity index (χ1n) is 7.38. The standard InChI is InChI=1S/C16H23N3O2/c1-4-15(13-7-5-11(2)6-8-13)18-16(21)19-9-14(10-19)17-12(3)20/h5-8,14-15H,4,9-10H2,1-3H3,(H,17,20)(H,18,21)/t15-/m1/s1. The number of carbonyl (C=O) groups is 2. The zero-order valence-corrected chi connectivity index (χ0v) is 12.8. The number of benzene rings is 1. The zero-order valence-electron chi connectivity index (χ0n) is 12.8. The van der Waals surface area contributed by atoms with E-state index in [0.717, 1.165) is 12.0 Å². The van der Waals surface area contributed by atoms with Crippen LogP contribution in [-0.4, -0.2) is 36.0 Å². The second kappa shape index (κ2) is 6.61. The van der Waals surface area contributed by atoms with Gasteiger partial charge in [-0.25, -0.2) is 4.79 Å². The van der Waals surface area contributed by atoms with Crippen LogP contribution >= 0.6 is 0 Å². The Balaban J connectivity index is 1.86. The molecule has 1 saturated heterocycles. The van der Waals surface area contributed by atoms with Crippen molar-refractivity contribution in [2.75, 3.05) is 13.1 Å². The molecule has 114 valence electrons. The van der Waals surface area contributed by atoms with E-state index in [4.69, 9.17) is 0 Å². The summed E-state index contributed by atoms with van der Waals surface area (Å²) < 4.78 is 0. The number of amides is 3. The molecule has 1 aromatic rings. The van der Waals surface area contributed by atoms with Gasteiger partial charge in [0.2, 0.25) is 5.91 Å². The molecule has 21 heavy (non-hydrogen) atoms. The number of nitrogens with zero attached hydrogens (tertiary/aromatic N) is 1. The van der Waals surface area contributed by atoms with Crippen molar-refractivity contribution in [2.24, 2.45) is 0 Å². The van der Waals surface area contributed by atoms with Gasteiger partial charge in [0.15, 0.2) is 0 Å². The number of carbonyl (C=O) groups excluding carboxylic acids is 2. The molecule has 1 atom stereocenters. The van der Waals surface area contributed by atoms with Crippen LogP contribution in [0.4, 0.5) is 4.79 Å². The topological polar surface area (TPSA) is 61.4 Å². The highest BCUT2D eigenvalue weighted by Crippen LogP contribution is 2.18. The molecule has 5 heteroatoms. The van der Waals surface area contributed by atoms with Crippen LogP contribution in [-0.2, 0) is 4.79 Å². The fraction of sp³-hybridized carbons (Fsp3) is 0.500. The molecule has 1 heterocycles. The van der Waals surface area contributed by atoms with Gasteiger partial charge in [0.25, 0.3) is 0 Å². The number of aryl methyl sites for hydroxylation is 1. The van der Waals surface area contributed by atoms with Gasteiger partial charge in [0, 0.05) is 20.0 Å². The number of likely N-dealkylation sites (tertiary alicyclic amines) is 1. The van der Waals surface area contributed by atoms with Crippen molar-refractivity contribution in [1.82, 2.24) is 15.5 Å². The molecule has 5 nitrogen and oxygen atoms in total. The highest BCUT2D eigenvalue weighted by Gasteiger charge is 2.31. The van der Waals surface area contributed by atoms with E-state index in [1.165, 1.54) is 12.5 Å². The maximum atomic E-state index is 12.2. The molecule has 0 unspecified atom stereocenters. The second-order valence-electron chi connectivity index (χ2n) is 5.62. The summed E-state index contributed by atoms with van der Waals surface area (Å²) in [5.74, 6) is -0.0499. The van der Waals surface area contributed by atoms with E-state index in [0.29, 0.717) is 13.1 Å². The van der Waals surface area contributed by atoms with E-state index in [-0.39, 0.29) is 24.0 Å². The molecule has 2 rings (SSSR count). The Hall–Kier alpha value is -2.04. The lowest BCUT2D eigenvalue weighted by Gasteiger charge is -2.40. The van der Waals surface area contributed by atoms with Gasteiger partial charge in [-0.2, -0.15) is 0 Å². The van der Waals surface area contributed by atoms with Gasteiger partial charge in [-0.3, -0.25) is 4.79 Å². The molecule has 1 aromatic carbocycles. The summed E-state index contributed by atoms with van der Waals surface area (Å²) in [6.45, 7) is 6.76. The van der Waals surface area contributed by atoms with Crippen LogP contribution in [0.5, 0.6) is 0 Å². The van der Waals surface area contributed by atoms with Crippen molar-refractivity contribution < 1.29 is 9.59 Å². The molecule has 0 bridgehead atoms. The van der Waals surface area contributed by atoms with Gasteiger partial charge in [0.05, 0.1) is 12.1 Å². The van der Waals surface area contributed by atoms with E-state index in [1.807, 2.05) is 6.92 Å². The summed E-state index contributed by atoms with van der Waals surface area (Å²) in [5.41, 5.74) is 2.33. The summed E-state index contributed by atoms with van der Waals surface area (Å²) in [6.07, 6.45) is 0.845. The number of nitrogens with one attached hydrogen (secondary N) is 2. The van der Waals surface area contributed by atoms with Gasteiger partial charge >= 0.3 is 6.03 Å². The Morgan fingerprint density at radius 2 is 1.90 bits per heavy atom. The third kappa shape index (κ3) is 3.97. The monoisotopic (exact) mass is 289 g/mol. The van der Waals surface area contributed by atoms with Crippen LogP contribution in [0.3, 0.4) is 0 Å². The van der Waals surface area contributed by atoms with Gasteiger partial charge in [0.1, 0.15) is 0 Å². The Morgan fingerprint density at radius 3 is 2.43 bits per heavy atom. The maximum Gasteiger partial charge on any atom is 0.318 e. The molecular weight excluding hydrogens is 266 g/mol. The first kappa shape index (κ1) is 15.4. The van der Waals surface area contributed by atoms with Crippen LogP contribution in [0.1, 0.15) is 37.4 Å². The van der Waals surface area contributed by atoms with Gasteiger partial charge in [-0.05, 0) is 18.9 Å². The lowest BCUT2D eigenvalue weighted by molar-refractivity contribution is -0.120. The van der Waals surface area contributed by atoms with Crippen molar-refractivity contribution in [1.29, 1.82) is 0 Å². The lowest BCUT2D eigenvalue weighted by atomic mass is 10.0. The first-order valence-corrected chi connectivity index (χ1v) is 7.38. The zero-order chi connectivity index (χ0) is 15.4. The predicted octanol–water partition coefficient (Wildman–Crippen LogP) is 1.98. The summed E-state index contributed by atoms with van der Waals surface area (Å²) in [5, 5.41) is 5.86. The minimum Gasteiger partial charge on any atom is -0.350 e. The second-order valence-corrected chi connectivity index (χ2v) is 5.62. The lowest BCUT2D eigenvalue weighted by Crippen LogP contribution is -2.62. The molecule has 2 N–H and O–H groups in total. The highest BCUT2D eigenvalue weighted by molar-refractivity contribution is 5.77. The quantitative estimate of drug-likeness (QED) is 0.890. The summed E-state index contributed by atoms with van der Waals surface area (Å²) in [4.78, 5) is 24.8. The molecule has 0 spiro atoms. The normalized spacial score (nSPS) is 16.0. The van der Waals surface area contributed by atoms with Crippen molar-refractivity contribution in [3.05, 3.63) is 35.4 Å². The first-order chi connectivity index (χ1) is 9.99. The average molecular weight is 289 g/mol. The summed E-state index contributed by atoms with van der Waals surface area (Å²) in [7, 11) is 0. The Morgan fingerprint density at radius 1 is 1.29 bits per heavy atom. The largest absolute Gasteiger partial charge is 0.350 e. The molecular formula is C16H23N3O2. The summed E-state index contributed by atoms with van der Waals surface area (Å²) >= 11 is 0. The van der Waals surface area contributed by atoms with Crippen molar-refractivity contribution in [2.45, 2.75) is 39.3 Å². The number of urea groups is 1. The molecule has 1 aliphatic rings. The van der Waals surface area contributed by atoms with E-state index in [9.17, 15) is 9.59 Å². The van der Waals surface area contributed by atoms with Gasteiger partial charge in [-0.15, -0.1) is 0 Å². The molecule has 0 aliphatic carbocycles. The smallest absolute Gasteiger partial charge is 0.318 e. The number of hydrogen-bond donors (Lipinski definition) is 2. The van der Waals surface area contributed by atoms with Crippen LogP contribution in [0.15, 0.2) is 24.3 Å². The maximum absolute atomic E-state index is 12.2. The third-order valence-electron chi connectivity index (χ3n) is 3.76. The average Bonchev–Trinajstić information content (AvgIpc) is 2.40. The van der Waals surface area contributed by atoms with E-state index >= 15 is 0 Å². The Bertz CT molecular complexity index is 507. The summed E-state index contributed by atoms with van der Waals surface area (Å²) in [6, 6.07) is 8.27. The molecule has 1 aliphatic heterocycles. The minimum absolute atomic E-state index is 0.0258. The Labute approximate surface area is 125 Å². The number of rotatable bonds is 4. The van der Waals surface area contributed by atoms with Crippen LogP contribution in [0, 0.1) is 6.92 Å². The number of hydrogen-bond acceptors (Lipinski definition) is 2. The minimum atomic E-state index is -0.0657. The SMILES string of the molecule is CC[C@@H](NC(=O)N1CC(NC(C)=O)C1)c1ccc(C)cc1. The van der Waals surface area contributed by atoms with Crippen LogP contribution in [0.2, 0.25) is 0 Å². The highest BCUT2D eigenvalue weighted by atomic mass is 16.2. The molecule has 0 aromatic heterocycles. The fourth-order valence-corrected chi connectivity index (χ4v) is 2.48. The van der Waals surface area contributed by atoms with Gasteiger partial charge < -0.3 is 15.5 Å². The molecule has 1 fully saturated rings. The van der Waals surface area contributed by atoms with E-state index < -0.39 is 0 Å². The van der Waals surface area contributed by atoms with E-state index in [2.05, 4.69) is 41.8 Å². The molecule has 3 amide bonds. The van der Waals surface area contributed by atoms with Crippen molar-refractivity contribution in [3.63, 3.8) is 0 Å². The van der Waals surface area contributed by atoms with E-state index in [1.54, 1.807) is 4.90 Å². The predicted molar refractivity (Wildman–Crippen MR) is 81.9 cm³/mol. The van der Waals surface area contributed by atoms with Gasteiger partial charge in [-0.1, -0.05) is 36.8 Å². The van der Waals surface area contributed by atoms with Crippen molar-refractivity contribution >= 4 is 11.9 Å². The van der Waals surface area contributed by atoms with Crippen molar-refractivity contribution in [3.8, 4) is 0 Å². The third-order valence-corrected chi connectivity index (χ3v) is 3.76. The molecule has 0 radical (unpaired) electrons. The van der Waals surface area contributed by atoms with Crippen LogP contribution < -0.4 is 10.6 Å². The Kier molecular flexibility index (Phi) is 4.83. The van der Waals surface area contributed by atoms with Crippen LogP contribution in [0.25, 0.3) is 0 Å². The fourth-order valence-electron chi connectivity index (χ4n) is 2.48.